The van der Waals surface area contributed by atoms with Gasteiger partial charge in [0.15, 0.2) is 0 Å². The molecule has 0 unspecified atom stereocenters. The van der Waals surface area contributed by atoms with Gasteiger partial charge in [-0.2, -0.15) is 9.78 Å². The van der Waals surface area contributed by atoms with Crippen LogP contribution < -0.4 is 5.56 Å². The van der Waals surface area contributed by atoms with Crippen LogP contribution >= 0.6 is 27.5 Å². The van der Waals surface area contributed by atoms with Gasteiger partial charge in [-0.25, -0.2) is 0 Å². The van der Waals surface area contributed by atoms with E-state index in [1.54, 1.807) is 18.2 Å². The fourth-order valence-corrected chi connectivity index (χ4v) is 2.34. The fourth-order valence-electron chi connectivity index (χ4n) is 1.95. The number of rotatable bonds is 2. The first-order valence-electron chi connectivity index (χ1n) is 6.26. The highest BCUT2D eigenvalue weighted by Gasteiger charge is 2.05. The van der Waals surface area contributed by atoms with E-state index in [4.69, 9.17) is 11.6 Å². The Hall–Kier alpha value is -1.91. The van der Waals surface area contributed by atoms with Crippen molar-refractivity contribution in [1.29, 1.82) is 0 Å². The van der Waals surface area contributed by atoms with Crippen LogP contribution in [0.15, 0.2) is 69.9 Å². The lowest BCUT2D eigenvalue weighted by atomic mass is 10.1. The Morgan fingerprint density at radius 1 is 0.905 bits per heavy atom. The molecule has 2 aromatic carbocycles. The van der Waals surface area contributed by atoms with E-state index < -0.39 is 0 Å². The first kappa shape index (κ1) is 14.0. The summed E-state index contributed by atoms with van der Waals surface area (Å²) in [5.41, 5.74) is 2.17. The van der Waals surface area contributed by atoms with E-state index in [9.17, 15) is 4.79 Å². The third-order valence-corrected chi connectivity index (χ3v) is 3.79. The molecule has 0 fully saturated rings. The summed E-state index contributed by atoms with van der Waals surface area (Å²) in [5.74, 6) is 0. The zero-order valence-electron chi connectivity index (χ0n) is 10.8. The smallest absolute Gasteiger partial charge is 0.267 e. The van der Waals surface area contributed by atoms with E-state index >= 15 is 0 Å². The summed E-state index contributed by atoms with van der Waals surface area (Å²) in [5, 5.41) is 5.08. The second-order valence-corrected chi connectivity index (χ2v) is 5.80. The van der Waals surface area contributed by atoms with Gasteiger partial charge in [-0.05, 0) is 42.5 Å². The molecule has 0 bridgehead atoms. The van der Waals surface area contributed by atoms with Crippen LogP contribution in [0.1, 0.15) is 0 Å². The van der Waals surface area contributed by atoms with E-state index in [0.29, 0.717) is 10.7 Å². The van der Waals surface area contributed by atoms with Gasteiger partial charge in [0, 0.05) is 21.1 Å². The number of hydrogen-bond acceptors (Lipinski definition) is 2. The molecule has 5 heteroatoms. The average Bonchev–Trinajstić information content (AvgIpc) is 2.50. The molecule has 0 amide bonds. The topological polar surface area (TPSA) is 34.9 Å². The van der Waals surface area contributed by atoms with Gasteiger partial charge in [0.05, 0.1) is 11.4 Å². The number of hydrogen-bond donors (Lipinski definition) is 0. The molecule has 3 aromatic rings. The summed E-state index contributed by atoms with van der Waals surface area (Å²) in [6.07, 6.45) is 0. The Kier molecular flexibility index (Phi) is 3.90. The van der Waals surface area contributed by atoms with Crippen molar-refractivity contribution in [3.8, 4) is 16.9 Å². The molecule has 1 aromatic heterocycles. The predicted octanol–water partition coefficient (Wildman–Crippen LogP) is 4.32. The third kappa shape index (κ3) is 3.06. The molecular weight excluding hydrogens is 352 g/mol. The van der Waals surface area contributed by atoms with Crippen molar-refractivity contribution in [2.45, 2.75) is 0 Å². The average molecular weight is 362 g/mol. The summed E-state index contributed by atoms with van der Waals surface area (Å²) in [6.45, 7) is 0. The largest absolute Gasteiger partial charge is 0.271 e. The Bertz CT molecular complexity index is 826. The maximum atomic E-state index is 12.0. The summed E-state index contributed by atoms with van der Waals surface area (Å²) in [7, 11) is 0. The normalized spacial score (nSPS) is 10.6. The summed E-state index contributed by atoms with van der Waals surface area (Å²) < 4.78 is 2.34. The van der Waals surface area contributed by atoms with Crippen LogP contribution in [0.3, 0.4) is 0 Å². The molecule has 0 saturated heterocycles. The van der Waals surface area contributed by atoms with E-state index in [0.717, 1.165) is 15.7 Å². The van der Waals surface area contributed by atoms with Crippen molar-refractivity contribution in [3.63, 3.8) is 0 Å². The Morgan fingerprint density at radius 3 is 2.24 bits per heavy atom. The SMILES string of the molecule is O=c1ccc(-c2ccc(Cl)cc2)nn1-c1ccc(Br)cc1. The summed E-state index contributed by atoms with van der Waals surface area (Å²) in [6, 6.07) is 18.0. The van der Waals surface area contributed by atoms with E-state index in [2.05, 4.69) is 21.0 Å². The molecule has 0 aliphatic rings. The van der Waals surface area contributed by atoms with Crippen LogP contribution in [-0.2, 0) is 0 Å². The minimum absolute atomic E-state index is 0.171. The highest BCUT2D eigenvalue weighted by atomic mass is 79.9. The second-order valence-electron chi connectivity index (χ2n) is 4.45. The minimum Gasteiger partial charge on any atom is -0.267 e. The maximum Gasteiger partial charge on any atom is 0.271 e. The first-order valence-corrected chi connectivity index (χ1v) is 7.43. The van der Waals surface area contributed by atoms with Crippen molar-refractivity contribution in [2.24, 2.45) is 0 Å². The highest BCUT2D eigenvalue weighted by molar-refractivity contribution is 9.10. The monoisotopic (exact) mass is 360 g/mol. The van der Waals surface area contributed by atoms with Crippen molar-refractivity contribution in [2.75, 3.05) is 0 Å². The molecule has 0 saturated carbocycles. The Balaban J connectivity index is 2.10. The zero-order valence-corrected chi connectivity index (χ0v) is 13.2. The van der Waals surface area contributed by atoms with Crippen LogP contribution in [-0.4, -0.2) is 9.78 Å². The maximum absolute atomic E-state index is 12.0. The summed E-state index contributed by atoms with van der Waals surface area (Å²) in [4.78, 5) is 12.0. The first-order chi connectivity index (χ1) is 10.1. The quantitative estimate of drug-likeness (QED) is 0.681. The molecule has 0 radical (unpaired) electrons. The van der Waals surface area contributed by atoms with Gasteiger partial charge in [0.25, 0.3) is 5.56 Å². The lowest BCUT2D eigenvalue weighted by Gasteiger charge is -2.07. The number of benzene rings is 2. The van der Waals surface area contributed by atoms with Gasteiger partial charge in [0.2, 0.25) is 0 Å². The molecule has 21 heavy (non-hydrogen) atoms. The fraction of sp³-hybridized carbons (Fsp3) is 0. The minimum atomic E-state index is -0.171. The van der Waals surface area contributed by atoms with Gasteiger partial charge in [-0.3, -0.25) is 4.79 Å². The van der Waals surface area contributed by atoms with Crippen LogP contribution in [0.2, 0.25) is 5.02 Å². The van der Waals surface area contributed by atoms with E-state index in [-0.39, 0.29) is 5.56 Å². The Morgan fingerprint density at radius 2 is 1.57 bits per heavy atom. The van der Waals surface area contributed by atoms with Gasteiger partial charge in [-0.15, -0.1) is 0 Å². The van der Waals surface area contributed by atoms with Gasteiger partial charge in [0.1, 0.15) is 0 Å². The zero-order chi connectivity index (χ0) is 14.8. The highest BCUT2D eigenvalue weighted by Crippen LogP contribution is 2.19. The molecule has 0 aliphatic carbocycles. The molecule has 0 spiro atoms. The number of nitrogens with zero attached hydrogens (tertiary/aromatic N) is 2. The number of halogens is 2. The molecule has 3 nitrogen and oxygen atoms in total. The molecule has 3 rings (SSSR count). The van der Waals surface area contributed by atoms with Crippen molar-refractivity contribution in [3.05, 3.63) is 80.5 Å². The lowest BCUT2D eigenvalue weighted by molar-refractivity contribution is 0.812. The molecule has 0 N–H and O–H groups in total. The molecular formula is C16H10BrClN2O. The van der Waals surface area contributed by atoms with Crippen molar-refractivity contribution < 1.29 is 0 Å². The van der Waals surface area contributed by atoms with Gasteiger partial charge in [-0.1, -0.05) is 39.7 Å². The van der Waals surface area contributed by atoms with Crippen LogP contribution in [0.4, 0.5) is 0 Å². The van der Waals surface area contributed by atoms with Gasteiger partial charge >= 0.3 is 0 Å². The summed E-state index contributed by atoms with van der Waals surface area (Å²) >= 11 is 9.26. The second kappa shape index (κ2) is 5.84. The van der Waals surface area contributed by atoms with Crippen LogP contribution in [0.25, 0.3) is 16.9 Å². The number of aromatic nitrogens is 2. The van der Waals surface area contributed by atoms with Crippen LogP contribution in [0.5, 0.6) is 0 Å². The lowest BCUT2D eigenvalue weighted by Crippen LogP contribution is -2.20. The van der Waals surface area contributed by atoms with Gasteiger partial charge < -0.3 is 0 Å². The molecule has 104 valence electrons. The molecule has 0 atom stereocenters. The van der Waals surface area contributed by atoms with E-state index in [1.165, 1.54) is 10.7 Å². The predicted molar refractivity (Wildman–Crippen MR) is 88.0 cm³/mol. The standard InChI is InChI=1S/C16H10BrClN2O/c17-12-3-7-14(8-4-12)20-16(21)10-9-15(19-20)11-1-5-13(18)6-2-11/h1-10H. The van der Waals surface area contributed by atoms with Crippen molar-refractivity contribution in [1.82, 2.24) is 9.78 Å². The Labute approximate surface area is 134 Å². The van der Waals surface area contributed by atoms with Crippen molar-refractivity contribution >= 4 is 27.5 Å². The molecule has 0 aliphatic heterocycles. The molecule has 1 heterocycles. The third-order valence-electron chi connectivity index (χ3n) is 3.01. The van der Waals surface area contributed by atoms with Crippen LogP contribution in [0, 0.1) is 0 Å². The van der Waals surface area contributed by atoms with E-state index in [1.807, 2.05) is 36.4 Å².